The summed E-state index contributed by atoms with van der Waals surface area (Å²) in [6.45, 7) is 3.35. The molecule has 2 aromatic rings. The number of rotatable bonds is 8. The Kier molecular flexibility index (Phi) is 8.25. The molecule has 1 aromatic heterocycles. The summed E-state index contributed by atoms with van der Waals surface area (Å²) in [4.78, 5) is 11.8. The average molecular weight is 340 g/mol. The molecular weight excluding hydrogens is 318 g/mol. The van der Waals surface area contributed by atoms with Crippen LogP contribution in [0.15, 0.2) is 36.5 Å². The Hall–Kier alpha value is -1.96. The van der Waals surface area contributed by atoms with Gasteiger partial charge in [0.2, 0.25) is 5.91 Å². The Morgan fingerprint density at radius 2 is 2.09 bits per heavy atom. The van der Waals surface area contributed by atoms with Crippen LogP contribution in [0.3, 0.4) is 0 Å². The molecule has 2 rings (SSSR count). The molecule has 1 unspecified atom stereocenters. The van der Waals surface area contributed by atoms with Gasteiger partial charge in [-0.25, -0.2) is 4.68 Å². The number of hydrogen-bond donors (Lipinski definition) is 2. The number of carbonyl (C=O) groups is 1. The zero-order valence-electron chi connectivity index (χ0n) is 13.2. The Balaban J connectivity index is 0.00000264. The molecule has 0 saturated heterocycles. The first-order valence-electron chi connectivity index (χ1n) is 7.17. The van der Waals surface area contributed by atoms with Crippen LogP contribution in [0.4, 0.5) is 0 Å². The third kappa shape index (κ3) is 5.97. The maximum Gasteiger partial charge on any atom is 0.234 e. The topological polar surface area (TPSA) is 81.1 Å². The Morgan fingerprint density at radius 3 is 2.78 bits per heavy atom. The molecule has 0 aliphatic rings. The van der Waals surface area contributed by atoms with Gasteiger partial charge >= 0.3 is 0 Å². The van der Waals surface area contributed by atoms with Gasteiger partial charge in [-0.3, -0.25) is 4.79 Å². The van der Waals surface area contributed by atoms with Crippen molar-refractivity contribution in [3.8, 4) is 5.69 Å². The van der Waals surface area contributed by atoms with E-state index in [4.69, 9.17) is 4.74 Å². The van der Waals surface area contributed by atoms with Gasteiger partial charge in [0.15, 0.2) is 0 Å². The normalized spacial score (nSPS) is 11.6. The minimum absolute atomic E-state index is 0. The van der Waals surface area contributed by atoms with Crippen molar-refractivity contribution < 1.29 is 9.53 Å². The van der Waals surface area contributed by atoms with Gasteiger partial charge in [-0.05, 0) is 19.1 Å². The van der Waals surface area contributed by atoms with E-state index in [1.807, 2.05) is 43.5 Å². The number of para-hydroxylation sites is 1. The first kappa shape index (κ1) is 19.1. The molecule has 7 nitrogen and oxygen atoms in total. The molecule has 0 spiro atoms. The fourth-order valence-electron chi connectivity index (χ4n) is 1.92. The minimum atomic E-state index is -0.200. The molecule has 0 radical (unpaired) electrons. The molecule has 2 N–H and O–H groups in total. The molecule has 1 amide bonds. The van der Waals surface area contributed by atoms with Gasteiger partial charge < -0.3 is 15.4 Å². The third-order valence-electron chi connectivity index (χ3n) is 3.12. The first-order chi connectivity index (χ1) is 10.7. The monoisotopic (exact) mass is 339 g/mol. The van der Waals surface area contributed by atoms with Crippen molar-refractivity contribution in [3.63, 3.8) is 0 Å². The van der Waals surface area contributed by atoms with Gasteiger partial charge in [0.25, 0.3) is 0 Å². The van der Waals surface area contributed by atoms with Gasteiger partial charge in [-0.1, -0.05) is 23.4 Å². The number of aromatic nitrogens is 3. The maximum absolute atomic E-state index is 11.8. The molecule has 23 heavy (non-hydrogen) atoms. The van der Waals surface area contributed by atoms with Crippen LogP contribution >= 0.6 is 12.4 Å². The Morgan fingerprint density at radius 1 is 1.35 bits per heavy atom. The number of nitrogens with zero attached hydrogens (tertiary/aromatic N) is 3. The van der Waals surface area contributed by atoms with Crippen molar-refractivity contribution >= 4 is 18.3 Å². The van der Waals surface area contributed by atoms with E-state index < -0.39 is 0 Å². The lowest BCUT2D eigenvalue weighted by atomic mass is 10.2. The molecule has 0 aliphatic heterocycles. The molecule has 0 bridgehead atoms. The van der Waals surface area contributed by atoms with Crippen LogP contribution in [0.5, 0.6) is 0 Å². The predicted molar refractivity (Wildman–Crippen MR) is 89.9 cm³/mol. The highest BCUT2D eigenvalue weighted by Crippen LogP contribution is 2.11. The number of methoxy groups -OCH3 is 1. The smallest absolute Gasteiger partial charge is 0.234 e. The molecule has 0 aliphatic carbocycles. The summed E-state index contributed by atoms with van der Waals surface area (Å²) >= 11 is 0. The molecule has 1 atom stereocenters. The van der Waals surface area contributed by atoms with Crippen LogP contribution in [0.25, 0.3) is 5.69 Å². The van der Waals surface area contributed by atoms with E-state index >= 15 is 0 Å². The summed E-state index contributed by atoms with van der Waals surface area (Å²) in [6.07, 6.45) is 1.82. The van der Waals surface area contributed by atoms with Crippen molar-refractivity contribution in [3.05, 3.63) is 42.2 Å². The van der Waals surface area contributed by atoms with E-state index in [2.05, 4.69) is 20.9 Å². The summed E-state index contributed by atoms with van der Waals surface area (Å²) in [5.41, 5.74) is 1.65. The van der Waals surface area contributed by atoms with Gasteiger partial charge in [0.05, 0.1) is 31.1 Å². The zero-order chi connectivity index (χ0) is 15.8. The lowest BCUT2D eigenvalue weighted by Gasteiger charge is -2.11. The number of ether oxygens (including phenoxy) is 1. The van der Waals surface area contributed by atoms with Crippen molar-refractivity contribution in [2.75, 3.05) is 26.8 Å². The van der Waals surface area contributed by atoms with Crippen molar-refractivity contribution in [1.82, 2.24) is 25.6 Å². The standard InChI is InChI=1S/C15H21N5O2.ClH/c1-12(17-15(21)10-16-8-9-22-2)14-11-20(19-18-14)13-6-4-3-5-7-13;/h3-7,11-12,16H,8-10H2,1-2H3,(H,17,21);1H. The zero-order valence-corrected chi connectivity index (χ0v) is 14.0. The van der Waals surface area contributed by atoms with Crippen LogP contribution in [0, 0.1) is 0 Å². The Bertz CT molecular complexity index is 591. The van der Waals surface area contributed by atoms with Crippen molar-refractivity contribution in [2.24, 2.45) is 0 Å². The number of nitrogens with one attached hydrogen (secondary N) is 2. The molecule has 1 heterocycles. The molecule has 126 valence electrons. The summed E-state index contributed by atoms with van der Waals surface area (Å²) in [6, 6.07) is 9.51. The minimum Gasteiger partial charge on any atom is -0.383 e. The number of halogens is 1. The molecule has 8 heteroatoms. The quantitative estimate of drug-likeness (QED) is 0.704. The summed E-state index contributed by atoms with van der Waals surface area (Å²) in [5, 5.41) is 14.1. The van der Waals surface area contributed by atoms with E-state index in [1.165, 1.54) is 0 Å². The summed E-state index contributed by atoms with van der Waals surface area (Å²) in [5.74, 6) is -0.0853. The molecular formula is C15H22ClN5O2. The summed E-state index contributed by atoms with van der Waals surface area (Å²) < 4.78 is 6.59. The van der Waals surface area contributed by atoms with E-state index in [0.717, 1.165) is 5.69 Å². The van der Waals surface area contributed by atoms with Crippen LogP contribution in [0.1, 0.15) is 18.7 Å². The number of hydrogen-bond acceptors (Lipinski definition) is 5. The SMILES string of the molecule is COCCNCC(=O)NC(C)c1cn(-c2ccccc2)nn1.Cl. The molecule has 1 aromatic carbocycles. The highest BCUT2D eigenvalue weighted by Gasteiger charge is 2.13. The van der Waals surface area contributed by atoms with Crippen LogP contribution in [-0.2, 0) is 9.53 Å². The highest BCUT2D eigenvalue weighted by molar-refractivity contribution is 5.85. The molecule has 0 saturated carbocycles. The fourth-order valence-corrected chi connectivity index (χ4v) is 1.92. The summed E-state index contributed by atoms with van der Waals surface area (Å²) in [7, 11) is 1.62. The Labute approximate surface area is 141 Å². The van der Waals surface area contributed by atoms with Crippen LogP contribution in [0.2, 0.25) is 0 Å². The van der Waals surface area contributed by atoms with Gasteiger partial charge in [0.1, 0.15) is 5.69 Å². The maximum atomic E-state index is 11.8. The first-order valence-corrected chi connectivity index (χ1v) is 7.17. The number of carbonyl (C=O) groups excluding carboxylic acids is 1. The van der Waals surface area contributed by atoms with Crippen molar-refractivity contribution in [2.45, 2.75) is 13.0 Å². The van der Waals surface area contributed by atoms with Gasteiger partial charge in [0, 0.05) is 13.7 Å². The predicted octanol–water partition coefficient (Wildman–Crippen LogP) is 1.10. The van der Waals surface area contributed by atoms with Gasteiger partial charge in [-0.2, -0.15) is 0 Å². The van der Waals surface area contributed by atoms with Crippen LogP contribution in [-0.4, -0.2) is 47.7 Å². The van der Waals surface area contributed by atoms with E-state index in [0.29, 0.717) is 18.8 Å². The third-order valence-corrected chi connectivity index (χ3v) is 3.12. The molecule has 0 fully saturated rings. The number of amides is 1. The van der Waals surface area contributed by atoms with Crippen LogP contribution < -0.4 is 10.6 Å². The van der Waals surface area contributed by atoms with Crippen molar-refractivity contribution in [1.29, 1.82) is 0 Å². The van der Waals surface area contributed by atoms with E-state index in [9.17, 15) is 4.79 Å². The van der Waals surface area contributed by atoms with E-state index in [-0.39, 0.29) is 30.9 Å². The second kappa shape index (κ2) is 9.94. The fraction of sp³-hybridized carbons (Fsp3) is 0.400. The van der Waals surface area contributed by atoms with Gasteiger partial charge in [-0.15, -0.1) is 17.5 Å². The lowest BCUT2D eigenvalue weighted by Crippen LogP contribution is -2.36. The second-order valence-corrected chi connectivity index (χ2v) is 4.88. The second-order valence-electron chi connectivity index (χ2n) is 4.88. The average Bonchev–Trinajstić information content (AvgIpc) is 3.02. The highest BCUT2D eigenvalue weighted by atomic mass is 35.5. The largest absolute Gasteiger partial charge is 0.383 e. The van der Waals surface area contributed by atoms with E-state index in [1.54, 1.807) is 11.8 Å². The number of benzene rings is 1. The lowest BCUT2D eigenvalue weighted by molar-refractivity contribution is -0.120.